The van der Waals surface area contributed by atoms with Crippen molar-refractivity contribution in [1.29, 1.82) is 0 Å². The number of hydrogen-bond donors (Lipinski definition) is 3. The second-order valence-corrected chi connectivity index (χ2v) is 8.42. The van der Waals surface area contributed by atoms with E-state index < -0.39 is 29.5 Å². The Morgan fingerprint density at radius 3 is 2.79 bits per heavy atom. The molecular formula is C21H18F3N5O3S. The fraction of sp³-hybridized carbons (Fsp3) is 0.238. The molecule has 33 heavy (non-hydrogen) atoms. The zero-order chi connectivity index (χ0) is 23.8. The summed E-state index contributed by atoms with van der Waals surface area (Å²) in [6, 6.07) is 6.32. The van der Waals surface area contributed by atoms with Crippen LogP contribution in [0, 0.1) is 5.92 Å². The molecule has 8 nitrogen and oxygen atoms in total. The number of thiazole rings is 1. The lowest BCUT2D eigenvalue weighted by Gasteiger charge is -2.17. The van der Waals surface area contributed by atoms with E-state index in [0.717, 1.165) is 12.1 Å². The van der Waals surface area contributed by atoms with Crippen LogP contribution in [0.3, 0.4) is 0 Å². The fourth-order valence-electron chi connectivity index (χ4n) is 3.52. The van der Waals surface area contributed by atoms with Gasteiger partial charge in [0.1, 0.15) is 5.69 Å². The number of anilines is 1. The van der Waals surface area contributed by atoms with Crippen molar-refractivity contribution in [3.63, 3.8) is 0 Å². The van der Waals surface area contributed by atoms with Gasteiger partial charge in [-0.1, -0.05) is 12.1 Å². The monoisotopic (exact) mass is 477 g/mol. The quantitative estimate of drug-likeness (QED) is 0.505. The van der Waals surface area contributed by atoms with E-state index in [4.69, 9.17) is 5.73 Å². The zero-order valence-electron chi connectivity index (χ0n) is 17.0. The lowest BCUT2D eigenvalue weighted by molar-refractivity contribution is -0.137. The molecule has 4 rings (SSSR count). The van der Waals surface area contributed by atoms with Crippen LogP contribution in [-0.2, 0) is 22.3 Å². The molecule has 2 aromatic heterocycles. The van der Waals surface area contributed by atoms with Gasteiger partial charge in [0, 0.05) is 36.7 Å². The van der Waals surface area contributed by atoms with E-state index in [1.165, 1.54) is 28.4 Å². The van der Waals surface area contributed by atoms with E-state index in [2.05, 4.69) is 15.3 Å². The lowest BCUT2D eigenvalue weighted by atomic mass is 10.1. The number of primary amides is 1. The number of H-pyrrole nitrogens is 1. The number of carbonyl (C=O) groups excluding carboxylic acids is 3. The van der Waals surface area contributed by atoms with Crippen molar-refractivity contribution in [3.8, 4) is 11.3 Å². The Hall–Kier alpha value is -3.67. The number of halogens is 3. The third kappa shape index (κ3) is 5.06. The molecule has 0 aliphatic carbocycles. The number of rotatable bonds is 6. The number of alkyl halides is 3. The summed E-state index contributed by atoms with van der Waals surface area (Å²) in [5.41, 5.74) is 6.16. The summed E-state index contributed by atoms with van der Waals surface area (Å²) in [5.74, 6) is -1.96. The number of amides is 3. The number of benzene rings is 1. The molecule has 1 saturated heterocycles. The van der Waals surface area contributed by atoms with Gasteiger partial charge in [0.25, 0.3) is 5.91 Å². The summed E-state index contributed by atoms with van der Waals surface area (Å²) in [6.07, 6.45) is -2.94. The lowest BCUT2D eigenvalue weighted by Crippen LogP contribution is -2.28. The van der Waals surface area contributed by atoms with Crippen molar-refractivity contribution in [2.24, 2.45) is 11.7 Å². The van der Waals surface area contributed by atoms with Crippen LogP contribution < -0.4 is 11.1 Å². The number of carbonyl (C=O) groups is 3. The van der Waals surface area contributed by atoms with Crippen LogP contribution in [0.25, 0.3) is 11.3 Å². The highest BCUT2D eigenvalue weighted by molar-refractivity contribution is 7.14. The van der Waals surface area contributed by atoms with Crippen molar-refractivity contribution < 1.29 is 27.6 Å². The predicted octanol–water partition coefficient (Wildman–Crippen LogP) is 3.24. The second kappa shape index (κ2) is 8.70. The first-order valence-corrected chi connectivity index (χ1v) is 10.7. The van der Waals surface area contributed by atoms with Crippen LogP contribution in [0.5, 0.6) is 0 Å². The van der Waals surface area contributed by atoms with Crippen LogP contribution in [0.1, 0.15) is 28.0 Å². The number of nitrogens with two attached hydrogens (primary N) is 1. The van der Waals surface area contributed by atoms with E-state index in [-0.39, 0.29) is 31.1 Å². The summed E-state index contributed by atoms with van der Waals surface area (Å²) in [4.78, 5) is 44.6. The van der Waals surface area contributed by atoms with Gasteiger partial charge in [-0.3, -0.25) is 14.4 Å². The molecule has 1 aliphatic rings. The first-order chi connectivity index (χ1) is 15.6. The molecule has 0 bridgehead atoms. The van der Waals surface area contributed by atoms with Gasteiger partial charge in [-0.15, -0.1) is 11.3 Å². The maximum atomic E-state index is 12.9. The van der Waals surface area contributed by atoms with Crippen molar-refractivity contribution in [2.75, 3.05) is 11.9 Å². The topological polar surface area (TPSA) is 121 Å². The van der Waals surface area contributed by atoms with Gasteiger partial charge in [-0.05, 0) is 23.8 Å². The minimum absolute atomic E-state index is 0.0103. The van der Waals surface area contributed by atoms with E-state index in [1.807, 2.05) is 0 Å². The Kier molecular flexibility index (Phi) is 5.93. The van der Waals surface area contributed by atoms with Crippen LogP contribution in [0.15, 0.2) is 41.9 Å². The third-order valence-electron chi connectivity index (χ3n) is 5.19. The van der Waals surface area contributed by atoms with Crippen molar-refractivity contribution in [1.82, 2.24) is 14.9 Å². The average molecular weight is 477 g/mol. The molecule has 3 amide bonds. The normalized spacial score (nSPS) is 16.3. The van der Waals surface area contributed by atoms with Gasteiger partial charge >= 0.3 is 6.18 Å². The highest BCUT2D eigenvalue weighted by atomic mass is 32.1. The zero-order valence-corrected chi connectivity index (χ0v) is 17.8. The molecule has 4 N–H and O–H groups in total. The number of nitrogens with zero attached hydrogens (tertiary/aromatic N) is 2. The van der Waals surface area contributed by atoms with E-state index >= 15 is 0 Å². The molecule has 1 aromatic carbocycles. The Morgan fingerprint density at radius 2 is 2.09 bits per heavy atom. The van der Waals surface area contributed by atoms with Gasteiger partial charge in [-0.2, -0.15) is 13.2 Å². The summed E-state index contributed by atoms with van der Waals surface area (Å²) in [7, 11) is 0. The second-order valence-electron chi connectivity index (χ2n) is 7.57. The SMILES string of the molecule is NC(=O)c1cc(-c2csc(NC(=O)C3CC(=O)N(Cc4cccc(C(F)(F)F)c4)C3)n2)c[nH]1. The van der Waals surface area contributed by atoms with Gasteiger partial charge in [0.15, 0.2) is 5.13 Å². The molecule has 1 fully saturated rings. The van der Waals surface area contributed by atoms with E-state index in [1.54, 1.807) is 17.6 Å². The molecule has 1 aliphatic heterocycles. The summed E-state index contributed by atoms with van der Waals surface area (Å²) < 4.78 is 38.8. The Morgan fingerprint density at radius 1 is 1.30 bits per heavy atom. The number of aromatic nitrogens is 2. The average Bonchev–Trinajstić information content (AvgIpc) is 3.48. The molecule has 3 heterocycles. The third-order valence-corrected chi connectivity index (χ3v) is 5.95. The molecule has 0 spiro atoms. The van der Waals surface area contributed by atoms with Crippen LogP contribution in [0.2, 0.25) is 0 Å². The molecule has 3 aromatic rings. The summed E-state index contributed by atoms with van der Waals surface area (Å²) in [5, 5.41) is 4.69. The van der Waals surface area contributed by atoms with Gasteiger partial charge in [0.05, 0.1) is 17.2 Å². The van der Waals surface area contributed by atoms with Gasteiger partial charge < -0.3 is 20.9 Å². The molecule has 1 unspecified atom stereocenters. The highest BCUT2D eigenvalue weighted by Gasteiger charge is 2.35. The molecule has 0 radical (unpaired) electrons. The first-order valence-electron chi connectivity index (χ1n) is 9.79. The smallest absolute Gasteiger partial charge is 0.364 e. The minimum atomic E-state index is -4.47. The highest BCUT2D eigenvalue weighted by Crippen LogP contribution is 2.31. The van der Waals surface area contributed by atoms with Gasteiger partial charge in [0.2, 0.25) is 11.8 Å². The standard InChI is InChI=1S/C21H18F3N5O3S/c22-21(23,24)14-3-1-2-11(4-14)8-29-9-13(6-17(29)30)19(32)28-20-27-16(10-33-20)12-5-15(18(25)31)26-7-12/h1-5,7,10,13,26H,6,8-9H2,(H2,25,31)(H,27,28,32). The Balaban J connectivity index is 1.38. The Labute approximate surface area is 189 Å². The van der Waals surface area contributed by atoms with E-state index in [9.17, 15) is 27.6 Å². The number of hydrogen-bond acceptors (Lipinski definition) is 5. The van der Waals surface area contributed by atoms with Crippen LogP contribution in [-0.4, -0.2) is 39.1 Å². The van der Waals surface area contributed by atoms with Crippen molar-refractivity contribution in [3.05, 3.63) is 58.7 Å². The summed E-state index contributed by atoms with van der Waals surface area (Å²) >= 11 is 1.18. The van der Waals surface area contributed by atoms with Crippen molar-refractivity contribution >= 4 is 34.2 Å². The van der Waals surface area contributed by atoms with Crippen LogP contribution >= 0.6 is 11.3 Å². The largest absolute Gasteiger partial charge is 0.416 e. The molecule has 172 valence electrons. The fourth-order valence-corrected chi connectivity index (χ4v) is 4.25. The maximum Gasteiger partial charge on any atom is 0.416 e. The van der Waals surface area contributed by atoms with Gasteiger partial charge in [-0.25, -0.2) is 4.98 Å². The van der Waals surface area contributed by atoms with Crippen LogP contribution in [0.4, 0.5) is 18.3 Å². The van der Waals surface area contributed by atoms with Crippen molar-refractivity contribution in [2.45, 2.75) is 19.1 Å². The number of nitrogens with one attached hydrogen (secondary N) is 2. The molecule has 12 heteroatoms. The molecule has 0 saturated carbocycles. The number of aromatic amines is 1. The molecular weight excluding hydrogens is 459 g/mol. The Bertz CT molecular complexity index is 1220. The predicted molar refractivity (Wildman–Crippen MR) is 114 cm³/mol. The van der Waals surface area contributed by atoms with E-state index in [0.29, 0.717) is 22.0 Å². The number of likely N-dealkylation sites (tertiary alicyclic amines) is 1. The first kappa shape index (κ1) is 22.5. The summed E-state index contributed by atoms with van der Waals surface area (Å²) in [6.45, 7) is 0.0859. The minimum Gasteiger partial charge on any atom is -0.364 e. The molecule has 1 atom stereocenters. The maximum absolute atomic E-state index is 12.9.